The van der Waals surface area contributed by atoms with Crippen LogP contribution in [-0.4, -0.2) is 115 Å². The Bertz CT molecular complexity index is 1700. The summed E-state index contributed by atoms with van der Waals surface area (Å²) in [6, 6.07) is 7.87. The van der Waals surface area contributed by atoms with E-state index in [4.69, 9.17) is 20.2 Å². The number of esters is 1. The highest BCUT2D eigenvalue weighted by Gasteiger charge is 2.28. The molecule has 2 heterocycles. The number of rotatable bonds is 40. The summed E-state index contributed by atoms with van der Waals surface area (Å²) in [5.41, 5.74) is 7.84. The molecule has 5 N–H and O–H groups in total. The van der Waals surface area contributed by atoms with E-state index in [2.05, 4.69) is 33.2 Å². The Morgan fingerprint density at radius 1 is 0.708 bits per heavy atom. The number of aromatic nitrogens is 3. The normalized spacial score (nSPS) is 13.7. The molecule has 65 heavy (non-hydrogen) atoms. The standard InChI is InChI=1S/C53H94N6O6/c1-7-10-12-14-16-18-20-23-30-44(61)39-57(36-29-37-58(38-43(4)60)40-45(62)31-24-21-19-17-15-13-11-8-2)35-28-22-25-34-49(63)65-53(5,6)42-59-48(41-64-9-3)56-50-51(59)46-32-26-27-33-47(46)55-52(50)54/h26-27,32-33,43-45,60-62H,7-25,28-31,34-42H2,1-6H3,(H2,54,55). The minimum atomic E-state index is -0.821. The van der Waals surface area contributed by atoms with Gasteiger partial charge in [0, 0.05) is 38.0 Å². The van der Waals surface area contributed by atoms with Gasteiger partial charge in [0.05, 0.1) is 35.9 Å². The molecule has 0 fully saturated rings. The van der Waals surface area contributed by atoms with Crippen molar-refractivity contribution < 1.29 is 29.6 Å². The number of para-hydroxylation sites is 1. The Kier molecular flexibility index (Phi) is 28.5. The zero-order valence-corrected chi connectivity index (χ0v) is 42.0. The number of aliphatic hydroxyl groups excluding tert-OH is 3. The lowest BCUT2D eigenvalue weighted by Gasteiger charge is -2.29. The van der Waals surface area contributed by atoms with Crippen LogP contribution in [0.3, 0.4) is 0 Å². The zero-order chi connectivity index (χ0) is 47.3. The van der Waals surface area contributed by atoms with E-state index in [9.17, 15) is 20.1 Å². The van der Waals surface area contributed by atoms with Gasteiger partial charge in [-0.2, -0.15) is 0 Å². The minimum Gasteiger partial charge on any atom is -0.458 e. The van der Waals surface area contributed by atoms with E-state index >= 15 is 0 Å². The van der Waals surface area contributed by atoms with Gasteiger partial charge in [-0.1, -0.05) is 141 Å². The molecule has 372 valence electrons. The van der Waals surface area contributed by atoms with Crippen LogP contribution in [0.5, 0.6) is 0 Å². The largest absolute Gasteiger partial charge is 0.458 e. The second-order valence-electron chi connectivity index (χ2n) is 19.6. The average molecular weight is 911 g/mol. The van der Waals surface area contributed by atoms with Gasteiger partial charge in [-0.05, 0) is 85.5 Å². The van der Waals surface area contributed by atoms with Crippen molar-refractivity contribution in [1.82, 2.24) is 24.3 Å². The number of imidazole rings is 1. The lowest BCUT2D eigenvalue weighted by atomic mass is 10.1. The number of carbonyl (C=O) groups is 1. The van der Waals surface area contributed by atoms with Crippen molar-refractivity contribution in [3.63, 3.8) is 0 Å². The van der Waals surface area contributed by atoms with Crippen molar-refractivity contribution in [2.24, 2.45) is 0 Å². The van der Waals surface area contributed by atoms with Crippen LogP contribution in [0.25, 0.3) is 21.9 Å². The fourth-order valence-corrected chi connectivity index (χ4v) is 9.18. The molecule has 0 spiro atoms. The molecule has 3 rings (SSSR count). The summed E-state index contributed by atoms with van der Waals surface area (Å²) < 4.78 is 14.0. The van der Waals surface area contributed by atoms with E-state index in [0.29, 0.717) is 63.0 Å². The van der Waals surface area contributed by atoms with Crippen LogP contribution in [0.15, 0.2) is 24.3 Å². The van der Waals surface area contributed by atoms with Crippen LogP contribution in [0.4, 0.5) is 5.82 Å². The molecule has 2 aromatic heterocycles. The van der Waals surface area contributed by atoms with Crippen molar-refractivity contribution in [3.8, 4) is 0 Å². The Labute approximate surface area is 394 Å². The highest BCUT2D eigenvalue weighted by molar-refractivity contribution is 6.06. The Hall–Kier alpha value is -2.87. The van der Waals surface area contributed by atoms with E-state index in [1.807, 2.05) is 52.0 Å². The quantitative estimate of drug-likeness (QED) is 0.0318. The fraction of sp³-hybridized carbons (Fsp3) is 0.792. The van der Waals surface area contributed by atoms with Gasteiger partial charge >= 0.3 is 5.97 Å². The number of nitrogens with zero attached hydrogens (tertiary/aromatic N) is 5. The molecule has 0 aliphatic rings. The monoisotopic (exact) mass is 911 g/mol. The van der Waals surface area contributed by atoms with Gasteiger partial charge in [-0.3, -0.25) is 9.69 Å². The molecular formula is C53H94N6O6. The summed E-state index contributed by atoms with van der Waals surface area (Å²) in [5.74, 6) is 0.849. The number of benzene rings is 1. The van der Waals surface area contributed by atoms with Gasteiger partial charge in [-0.25, -0.2) is 9.97 Å². The SMILES string of the molecule is CCCCCCCCCCC(O)CN(CCCCCC(=O)OC(C)(C)Cn1c(COCC)nc2c(N)nc3ccccc3c21)CCCN(CC(C)O)CC(O)CCCCCCCCCC. The molecule has 0 aliphatic heterocycles. The number of ether oxygens (including phenoxy) is 2. The van der Waals surface area contributed by atoms with Crippen molar-refractivity contribution in [2.75, 3.05) is 51.6 Å². The maximum Gasteiger partial charge on any atom is 0.306 e. The molecule has 3 aromatic rings. The topological polar surface area (TPSA) is 159 Å². The maximum atomic E-state index is 13.3. The number of hydrogen-bond acceptors (Lipinski definition) is 11. The van der Waals surface area contributed by atoms with Crippen LogP contribution in [0.2, 0.25) is 0 Å². The van der Waals surface area contributed by atoms with Gasteiger partial charge in [-0.15, -0.1) is 0 Å². The molecule has 1 aromatic carbocycles. The molecule has 12 heteroatoms. The number of nitrogen functional groups attached to an aromatic ring is 1. The van der Waals surface area contributed by atoms with Crippen LogP contribution in [0, 0.1) is 0 Å². The molecule has 0 radical (unpaired) electrons. The van der Waals surface area contributed by atoms with Crippen LogP contribution >= 0.6 is 0 Å². The molecule has 3 unspecified atom stereocenters. The summed E-state index contributed by atoms with van der Waals surface area (Å²) in [4.78, 5) is 27.4. The number of hydrogen-bond donors (Lipinski definition) is 4. The van der Waals surface area contributed by atoms with E-state index in [1.165, 1.54) is 89.9 Å². The van der Waals surface area contributed by atoms with Crippen LogP contribution in [0.1, 0.15) is 195 Å². The minimum absolute atomic E-state index is 0.225. The number of aliphatic hydroxyl groups is 3. The number of unbranched alkanes of at least 4 members (excludes halogenated alkanes) is 16. The second kappa shape index (κ2) is 32.8. The van der Waals surface area contributed by atoms with Crippen LogP contribution in [-0.2, 0) is 27.4 Å². The van der Waals surface area contributed by atoms with Gasteiger partial charge < -0.3 is 40.0 Å². The summed E-state index contributed by atoms with van der Waals surface area (Å²) in [6.07, 6.45) is 24.1. The highest BCUT2D eigenvalue weighted by Crippen LogP contribution is 2.31. The molecular weight excluding hydrogens is 817 g/mol. The molecule has 0 saturated carbocycles. The molecule has 12 nitrogen and oxygen atoms in total. The first-order valence-electron chi connectivity index (χ1n) is 26.2. The van der Waals surface area contributed by atoms with Gasteiger partial charge in [0.25, 0.3) is 0 Å². The summed E-state index contributed by atoms with van der Waals surface area (Å²) in [6.45, 7) is 17.6. The van der Waals surface area contributed by atoms with E-state index < -0.39 is 17.8 Å². The van der Waals surface area contributed by atoms with Crippen LogP contribution < -0.4 is 5.73 Å². The van der Waals surface area contributed by atoms with Gasteiger partial charge in [0.1, 0.15) is 23.5 Å². The summed E-state index contributed by atoms with van der Waals surface area (Å²) in [5, 5.41) is 33.3. The van der Waals surface area contributed by atoms with Crippen molar-refractivity contribution in [2.45, 2.75) is 226 Å². The zero-order valence-electron chi connectivity index (χ0n) is 42.0. The number of fused-ring (bicyclic) bond motifs is 3. The maximum absolute atomic E-state index is 13.3. The molecule has 0 bridgehead atoms. The van der Waals surface area contributed by atoms with Gasteiger partial charge in [0.2, 0.25) is 0 Å². The first-order chi connectivity index (χ1) is 31.4. The molecule has 3 atom stereocenters. The predicted octanol–water partition coefficient (Wildman–Crippen LogP) is 10.7. The summed E-state index contributed by atoms with van der Waals surface area (Å²) >= 11 is 0. The first-order valence-corrected chi connectivity index (χ1v) is 26.2. The summed E-state index contributed by atoms with van der Waals surface area (Å²) in [7, 11) is 0. The fourth-order valence-electron chi connectivity index (χ4n) is 9.18. The molecule has 0 saturated heterocycles. The first kappa shape index (κ1) is 56.5. The van der Waals surface area contributed by atoms with Crippen molar-refractivity contribution in [3.05, 3.63) is 30.1 Å². The van der Waals surface area contributed by atoms with Crippen molar-refractivity contribution >= 4 is 33.7 Å². The Morgan fingerprint density at radius 3 is 1.85 bits per heavy atom. The Morgan fingerprint density at radius 2 is 1.25 bits per heavy atom. The molecule has 0 aliphatic carbocycles. The van der Waals surface area contributed by atoms with Crippen molar-refractivity contribution in [1.29, 1.82) is 0 Å². The second-order valence-corrected chi connectivity index (χ2v) is 19.6. The number of carbonyl (C=O) groups excluding carboxylic acids is 1. The number of nitrogens with two attached hydrogens (primary N) is 1. The smallest absolute Gasteiger partial charge is 0.306 e. The third kappa shape index (κ3) is 23.1. The van der Waals surface area contributed by atoms with E-state index in [-0.39, 0.29) is 12.1 Å². The third-order valence-electron chi connectivity index (χ3n) is 12.6. The number of anilines is 1. The average Bonchev–Trinajstić information content (AvgIpc) is 3.61. The molecule has 0 amide bonds. The van der Waals surface area contributed by atoms with E-state index in [1.54, 1.807) is 0 Å². The Balaban J connectivity index is 1.52. The number of pyridine rings is 1. The van der Waals surface area contributed by atoms with E-state index in [0.717, 1.165) is 87.4 Å². The predicted molar refractivity (Wildman–Crippen MR) is 269 cm³/mol. The highest BCUT2D eigenvalue weighted by atomic mass is 16.6. The third-order valence-corrected chi connectivity index (χ3v) is 12.6. The lowest BCUT2D eigenvalue weighted by Crippen LogP contribution is -2.40. The van der Waals surface area contributed by atoms with Gasteiger partial charge in [0.15, 0.2) is 5.82 Å². The lowest BCUT2D eigenvalue weighted by molar-refractivity contribution is -0.157.